The molecule has 2 amide bonds. The number of rotatable bonds is 5. The number of ether oxygens (including phenoxy) is 2. The Bertz CT molecular complexity index is 385. The summed E-state index contributed by atoms with van der Waals surface area (Å²) in [6.45, 7) is 0.894. The molecule has 0 saturated carbocycles. The van der Waals surface area contributed by atoms with E-state index < -0.39 is 0 Å². The molecule has 94 valence electrons. The van der Waals surface area contributed by atoms with Crippen molar-refractivity contribution in [3.05, 3.63) is 23.2 Å². The molecule has 0 fully saturated rings. The SMILES string of the molecule is COCCNC(=O)Nc1cc(Cl)ccc1OC. The second-order valence-corrected chi connectivity index (χ2v) is 3.65. The van der Waals surface area contributed by atoms with E-state index in [9.17, 15) is 4.79 Å². The number of carbonyl (C=O) groups is 1. The van der Waals surface area contributed by atoms with Crippen LogP contribution in [-0.2, 0) is 4.74 Å². The van der Waals surface area contributed by atoms with Gasteiger partial charge < -0.3 is 20.1 Å². The summed E-state index contributed by atoms with van der Waals surface area (Å²) >= 11 is 5.84. The van der Waals surface area contributed by atoms with Crippen LogP contribution in [0.4, 0.5) is 10.5 Å². The maximum Gasteiger partial charge on any atom is 0.319 e. The third-order valence-corrected chi connectivity index (χ3v) is 2.24. The summed E-state index contributed by atoms with van der Waals surface area (Å²) < 4.78 is 9.92. The minimum absolute atomic E-state index is 0.331. The van der Waals surface area contributed by atoms with Gasteiger partial charge in [-0.1, -0.05) is 11.6 Å². The smallest absolute Gasteiger partial charge is 0.319 e. The molecule has 0 spiro atoms. The van der Waals surface area contributed by atoms with E-state index in [-0.39, 0.29) is 6.03 Å². The van der Waals surface area contributed by atoms with Gasteiger partial charge in [-0.25, -0.2) is 4.79 Å². The zero-order chi connectivity index (χ0) is 12.7. The monoisotopic (exact) mass is 258 g/mol. The van der Waals surface area contributed by atoms with Crippen LogP contribution in [0.2, 0.25) is 5.02 Å². The van der Waals surface area contributed by atoms with E-state index in [1.807, 2.05) is 0 Å². The molecule has 0 aliphatic rings. The first kappa shape index (κ1) is 13.6. The van der Waals surface area contributed by atoms with Crippen LogP contribution in [0.5, 0.6) is 5.75 Å². The minimum Gasteiger partial charge on any atom is -0.495 e. The average molecular weight is 259 g/mol. The summed E-state index contributed by atoms with van der Waals surface area (Å²) in [5.74, 6) is 0.552. The fraction of sp³-hybridized carbons (Fsp3) is 0.364. The number of anilines is 1. The van der Waals surface area contributed by atoms with E-state index in [1.165, 1.54) is 7.11 Å². The fourth-order valence-electron chi connectivity index (χ4n) is 1.21. The third-order valence-electron chi connectivity index (χ3n) is 2.00. The summed E-state index contributed by atoms with van der Waals surface area (Å²) in [4.78, 5) is 11.5. The molecule has 1 aromatic rings. The number of hydrogen-bond donors (Lipinski definition) is 2. The van der Waals surface area contributed by atoms with Crippen molar-refractivity contribution in [2.75, 3.05) is 32.7 Å². The van der Waals surface area contributed by atoms with Gasteiger partial charge in [0.15, 0.2) is 0 Å². The number of urea groups is 1. The Morgan fingerprint density at radius 2 is 2.18 bits per heavy atom. The highest BCUT2D eigenvalue weighted by Gasteiger charge is 2.07. The molecule has 5 nitrogen and oxygen atoms in total. The molecule has 1 aromatic carbocycles. The minimum atomic E-state index is -0.331. The maximum atomic E-state index is 11.5. The van der Waals surface area contributed by atoms with Crippen LogP contribution in [0.15, 0.2) is 18.2 Å². The van der Waals surface area contributed by atoms with Crippen LogP contribution < -0.4 is 15.4 Å². The zero-order valence-electron chi connectivity index (χ0n) is 9.75. The number of carbonyl (C=O) groups excluding carboxylic acids is 1. The second-order valence-electron chi connectivity index (χ2n) is 3.22. The molecular formula is C11H15ClN2O3. The largest absolute Gasteiger partial charge is 0.495 e. The van der Waals surface area contributed by atoms with Crippen molar-refractivity contribution < 1.29 is 14.3 Å². The van der Waals surface area contributed by atoms with E-state index in [4.69, 9.17) is 21.1 Å². The molecule has 0 aromatic heterocycles. The summed E-state index contributed by atoms with van der Waals surface area (Å²) in [5, 5.41) is 5.80. The molecule has 0 saturated heterocycles. The molecule has 0 unspecified atom stereocenters. The lowest BCUT2D eigenvalue weighted by Crippen LogP contribution is -2.31. The van der Waals surface area contributed by atoms with Gasteiger partial charge in [-0.15, -0.1) is 0 Å². The van der Waals surface area contributed by atoms with Crippen molar-refractivity contribution in [1.29, 1.82) is 0 Å². The van der Waals surface area contributed by atoms with Crippen LogP contribution in [-0.4, -0.2) is 33.4 Å². The van der Waals surface area contributed by atoms with Gasteiger partial charge in [-0.3, -0.25) is 0 Å². The summed E-state index contributed by atoms with van der Waals surface area (Å²) in [7, 11) is 3.09. The predicted octanol–water partition coefficient (Wildman–Crippen LogP) is 2.12. The highest BCUT2D eigenvalue weighted by molar-refractivity contribution is 6.31. The van der Waals surface area contributed by atoms with Gasteiger partial charge in [0.05, 0.1) is 19.4 Å². The molecular weight excluding hydrogens is 244 g/mol. The van der Waals surface area contributed by atoms with E-state index >= 15 is 0 Å². The number of methoxy groups -OCH3 is 2. The topological polar surface area (TPSA) is 59.6 Å². The van der Waals surface area contributed by atoms with Crippen LogP contribution >= 0.6 is 11.6 Å². The standard InChI is InChI=1S/C11H15ClN2O3/c1-16-6-5-13-11(15)14-9-7-8(12)3-4-10(9)17-2/h3-4,7H,5-6H2,1-2H3,(H2,13,14,15). The first-order valence-electron chi connectivity index (χ1n) is 5.04. The van der Waals surface area contributed by atoms with Crippen LogP contribution in [0.1, 0.15) is 0 Å². The Morgan fingerprint density at radius 1 is 1.41 bits per heavy atom. The molecule has 0 bridgehead atoms. The van der Waals surface area contributed by atoms with Crippen molar-refractivity contribution in [2.45, 2.75) is 0 Å². The lowest BCUT2D eigenvalue weighted by atomic mass is 10.3. The molecule has 17 heavy (non-hydrogen) atoms. The molecule has 6 heteroatoms. The Kier molecular flexibility index (Phi) is 5.59. The van der Waals surface area contributed by atoms with E-state index in [2.05, 4.69) is 10.6 Å². The molecule has 0 aliphatic heterocycles. The van der Waals surface area contributed by atoms with Crippen LogP contribution in [0, 0.1) is 0 Å². The number of hydrogen-bond acceptors (Lipinski definition) is 3. The van der Waals surface area contributed by atoms with Gasteiger partial charge in [-0.2, -0.15) is 0 Å². The molecule has 0 aliphatic carbocycles. The van der Waals surface area contributed by atoms with E-state index in [0.717, 1.165) is 0 Å². The van der Waals surface area contributed by atoms with Crippen LogP contribution in [0.3, 0.4) is 0 Å². The second kappa shape index (κ2) is 6.98. The van der Waals surface area contributed by atoms with Crippen molar-refractivity contribution >= 4 is 23.3 Å². The quantitative estimate of drug-likeness (QED) is 0.796. The zero-order valence-corrected chi connectivity index (χ0v) is 10.5. The first-order chi connectivity index (χ1) is 8.17. The number of benzene rings is 1. The summed E-state index contributed by atoms with van der Waals surface area (Å²) in [6, 6.07) is 4.67. The van der Waals surface area contributed by atoms with Crippen molar-refractivity contribution in [2.24, 2.45) is 0 Å². The highest BCUT2D eigenvalue weighted by Crippen LogP contribution is 2.27. The van der Waals surface area contributed by atoms with Gasteiger partial charge in [0.25, 0.3) is 0 Å². The van der Waals surface area contributed by atoms with Gasteiger partial charge in [0.2, 0.25) is 0 Å². The fourth-order valence-corrected chi connectivity index (χ4v) is 1.38. The lowest BCUT2D eigenvalue weighted by Gasteiger charge is -2.11. The molecule has 0 heterocycles. The third kappa shape index (κ3) is 4.50. The number of amides is 2. The summed E-state index contributed by atoms with van der Waals surface area (Å²) in [5.41, 5.74) is 0.523. The van der Waals surface area contributed by atoms with E-state index in [0.29, 0.717) is 29.6 Å². The van der Waals surface area contributed by atoms with Gasteiger partial charge in [0.1, 0.15) is 5.75 Å². The maximum absolute atomic E-state index is 11.5. The average Bonchev–Trinajstić information content (AvgIpc) is 2.29. The molecule has 1 rings (SSSR count). The van der Waals surface area contributed by atoms with Crippen molar-refractivity contribution in [3.8, 4) is 5.75 Å². The number of halogens is 1. The van der Waals surface area contributed by atoms with Crippen LogP contribution in [0.25, 0.3) is 0 Å². The Hall–Kier alpha value is -1.46. The van der Waals surface area contributed by atoms with E-state index in [1.54, 1.807) is 25.3 Å². The van der Waals surface area contributed by atoms with Crippen molar-refractivity contribution in [1.82, 2.24) is 5.32 Å². The summed E-state index contributed by atoms with van der Waals surface area (Å²) in [6.07, 6.45) is 0. The number of nitrogens with one attached hydrogen (secondary N) is 2. The van der Waals surface area contributed by atoms with Gasteiger partial charge >= 0.3 is 6.03 Å². The lowest BCUT2D eigenvalue weighted by molar-refractivity contribution is 0.198. The molecule has 0 radical (unpaired) electrons. The van der Waals surface area contributed by atoms with Gasteiger partial charge in [0, 0.05) is 18.7 Å². The Balaban J connectivity index is 2.60. The Labute approximate surface area is 105 Å². The first-order valence-corrected chi connectivity index (χ1v) is 5.42. The highest BCUT2D eigenvalue weighted by atomic mass is 35.5. The Morgan fingerprint density at radius 3 is 2.82 bits per heavy atom. The normalized spacial score (nSPS) is 9.82. The molecule has 2 N–H and O–H groups in total. The predicted molar refractivity (Wildman–Crippen MR) is 66.9 cm³/mol. The van der Waals surface area contributed by atoms with Crippen molar-refractivity contribution in [3.63, 3.8) is 0 Å². The molecule has 0 atom stereocenters. The van der Waals surface area contributed by atoms with Gasteiger partial charge in [-0.05, 0) is 18.2 Å².